The minimum atomic E-state index is -0.467. The van der Waals surface area contributed by atoms with Crippen molar-refractivity contribution >= 4 is 17.5 Å². The number of morpholine rings is 1. The fourth-order valence-electron chi connectivity index (χ4n) is 3.27. The van der Waals surface area contributed by atoms with Crippen LogP contribution in [0.15, 0.2) is 47.0 Å². The van der Waals surface area contributed by atoms with E-state index in [9.17, 15) is 4.79 Å². The quantitative estimate of drug-likeness (QED) is 0.612. The Labute approximate surface area is 179 Å². The van der Waals surface area contributed by atoms with Gasteiger partial charge in [-0.25, -0.2) is 0 Å². The van der Waals surface area contributed by atoms with Crippen LogP contribution < -0.4 is 4.74 Å². The van der Waals surface area contributed by atoms with Crippen LogP contribution in [0.3, 0.4) is 0 Å². The second kappa shape index (κ2) is 8.85. The van der Waals surface area contributed by atoms with Gasteiger partial charge in [0.2, 0.25) is 5.82 Å². The summed E-state index contributed by atoms with van der Waals surface area (Å²) in [6.45, 7) is 5.02. The van der Waals surface area contributed by atoms with E-state index >= 15 is 0 Å². The third-order valence-electron chi connectivity index (χ3n) is 5.01. The Morgan fingerprint density at radius 3 is 2.87 bits per heavy atom. The molecule has 1 aliphatic heterocycles. The molecule has 7 nitrogen and oxygen atoms in total. The number of hydrogen-bond acceptors (Lipinski definition) is 6. The lowest BCUT2D eigenvalue weighted by Crippen LogP contribution is -2.44. The summed E-state index contributed by atoms with van der Waals surface area (Å²) in [6.07, 6.45) is -0.467. The Bertz CT molecular complexity index is 1050. The molecule has 156 valence electrons. The zero-order valence-electron chi connectivity index (χ0n) is 16.8. The molecule has 8 heteroatoms. The highest BCUT2D eigenvalue weighted by Crippen LogP contribution is 2.26. The first kappa shape index (κ1) is 20.4. The van der Waals surface area contributed by atoms with E-state index in [0.717, 1.165) is 16.7 Å². The Morgan fingerprint density at radius 1 is 1.23 bits per heavy atom. The molecule has 0 spiro atoms. The standard InChI is InChI=1S/C22H22ClN3O4/c1-14-5-3-4-6-17(14)21-24-22(30-25-21)19-12-26(9-10-28-19)20(27)13-29-16-7-8-18(23)15(2)11-16/h3-8,11,19H,9-10,12-13H2,1-2H3/t19-/m1/s1. The molecule has 0 N–H and O–H groups in total. The number of halogens is 1. The van der Waals surface area contributed by atoms with Crippen LogP contribution in [0.5, 0.6) is 5.75 Å². The maximum absolute atomic E-state index is 12.6. The minimum Gasteiger partial charge on any atom is -0.484 e. The number of carbonyl (C=O) groups excluding carboxylic acids is 1. The fourth-order valence-corrected chi connectivity index (χ4v) is 3.39. The molecule has 0 aliphatic carbocycles. The largest absolute Gasteiger partial charge is 0.484 e. The van der Waals surface area contributed by atoms with Gasteiger partial charge < -0.3 is 18.9 Å². The molecule has 4 rings (SSSR count). The maximum atomic E-state index is 12.6. The van der Waals surface area contributed by atoms with E-state index in [1.54, 1.807) is 17.0 Å². The fraction of sp³-hybridized carbons (Fsp3) is 0.318. The zero-order valence-corrected chi connectivity index (χ0v) is 17.6. The molecule has 2 aromatic carbocycles. The summed E-state index contributed by atoms with van der Waals surface area (Å²) in [7, 11) is 0. The van der Waals surface area contributed by atoms with Crippen molar-refractivity contribution < 1.29 is 18.8 Å². The van der Waals surface area contributed by atoms with Gasteiger partial charge in [0.25, 0.3) is 11.8 Å². The lowest BCUT2D eigenvalue weighted by atomic mass is 10.1. The number of benzene rings is 2. The number of amides is 1. The van der Waals surface area contributed by atoms with Crippen molar-refractivity contribution in [1.29, 1.82) is 0 Å². The van der Waals surface area contributed by atoms with E-state index < -0.39 is 6.10 Å². The summed E-state index contributed by atoms with van der Waals surface area (Å²) in [5.74, 6) is 1.35. The maximum Gasteiger partial charge on any atom is 0.260 e. The van der Waals surface area contributed by atoms with Crippen LogP contribution >= 0.6 is 11.6 Å². The van der Waals surface area contributed by atoms with Crippen molar-refractivity contribution in [3.05, 3.63) is 64.5 Å². The molecule has 1 fully saturated rings. The summed E-state index contributed by atoms with van der Waals surface area (Å²) >= 11 is 6.02. The van der Waals surface area contributed by atoms with Gasteiger partial charge in [-0.15, -0.1) is 0 Å². The molecule has 1 amide bonds. The van der Waals surface area contributed by atoms with Crippen molar-refractivity contribution in [3.63, 3.8) is 0 Å². The van der Waals surface area contributed by atoms with E-state index in [1.165, 1.54) is 0 Å². The van der Waals surface area contributed by atoms with Crippen molar-refractivity contribution in [3.8, 4) is 17.1 Å². The molecule has 2 heterocycles. The number of ether oxygens (including phenoxy) is 2. The van der Waals surface area contributed by atoms with Gasteiger partial charge in [0.05, 0.1) is 13.2 Å². The highest BCUT2D eigenvalue weighted by molar-refractivity contribution is 6.31. The number of aryl methyl sites for hydroxylation is 2. The number of carbonyl (C=O) groups is 1. The molecule has 30 heavy (non-hydrogen) atoms. The SMILES string of the molecule is Cc1cc(OCC(=O)N2CCO[C@@H](c3nc(-c4ccccc4C)no3)C2)ccc1Cl. The predicted octanol–water partition coefficient (Wildman–Crippen LogP) is 3.99. The lowest BCUT2D eigenvalue weighted by molar-refractivity contribution is -0.142. The van der Waals surface area contributed by atoms with Gasteiger partial charge in [0, 0.05) is 17.1 Å². The van der Waals surface area contributed by atoms with Crippen LogP contribution in [-0.2, 0) is 9.53 Å². The van der Waals surface area contributed by atoms with Gasteiger partial charge in [-0.05, 0) is 43.2 Å². The Balaban J connectivity index is 1.39. The highest BCUT2D eigenvalue weighted by atomic mass is 35.5. The third kappa shape index (κ3) is 4.47. The molecular weight excluding hydrogens is 406 g/mol. The van der Waals surface area contributed by atoms with Gasteiger partial charge >= 0.3 is 0 Å². The smallest absolute Gasteiger partial charge is 0.260 e. The highest BCUT2D eigenvalue weighted by Gasteiger charge is 2.30. The summed E-state index contributed by atoms with van der Waals surface area (Å²) < 4.78 is 16.8. The van der Waals surface area contributed by atoms with Gasteiger partial charge in [0.15, 0.2) is 12.7 Å². The first-order chi connectivity index (χ1) is 14.5. The first-order valence-corrected chi connectivity index (χ1v) is 10.1. The monoisotopic (exact) mass is 427 g/mol. The Hall–Kier alpha value is -2.90. The van der Waals surface area contributed by atoms with Crippen LogP contribution in [-0.4, -0.2) is 47.3 Å². The summed E-state index contributed by atoms with van der Waals surface area (Å²) in [6, 6.07) is 13.1. The molecule has 0 unspecified atom stereocenters. The van der Waals surface area contributed by atoms with E-state index in [-0.39, 0.29) is 12.5 Å². The van der Waals surface area contributed by atoms with Crippen LogP contribution in [0, 0.1) is 13.8 Å². The number of hydrogen-bond donors (Lipinski definition) is 0. The molecule has 0 bridgehead atoms. The summed E-state index contributed by atoms with van der Waals surface area (Å²) in [5, 5.41) is 4.74. The van der Waals surface area contributed by atoms with Gasteiger partial charge in [0.1, 0.15) is 5.75 Å². The molecular formula is C22H22ClN3O4. The molecule has 1 aliphatic rings. The van der Waals surface area contributed by atoms with Gasteiger partial charge in [-0.3, -0.25) is 4.79 Å². The minimum absolute atomic E-state index is 0.0634. The normalized spacial score (nSPS) is 16.5. The van der Waals surface area contributed by atoms with Crippen molar-refractivity contribution in [1.82, 2.24) is 15.0 Å². The van der Waals surface area contributed by atoms with E-state index in [1.807, 2.05) is 44.2 Å². The Kier molecular flexibility index (Phi) is 6.01. The van der Waals surface area contributed by atoms with E-state index in [0.29, 0.717) is 42.2 Å². The molecule has 1 saturated heterocycles. The molecule has 1 atom stereocenters. The predicted molar refractivity (Wildman–Crippen MR) is 111 cm³/mol. The van der Waals surface area contributed by atoms with Crippen LogP contribution in [0.25, 0.3) is 11.4 Å². The van der Waals surface area contributed by atoms with E-state index in [4.69, 9.17) is 25.6 Å². The molecule has 3 aromatic rings. The van der Waals surface area contributed by atoms with Gasteiger partial charge in [-0.2, -0.15) is 4.98 Å². The van der Waals surface area contributed by atoms with Gasteiger partial charge in [-0.1, -0.05) is 41.0 Å². The van der Waals surface area contributed by atoms with Crippen LogP contribution in [0.2, 0.25) is 5.02 Å². The molecule has 0 radical (unpaired) electrons. The summed E-state index contributed by atoms with van der Waals surface area (Å²) in [5.41, 5.74) is 2.86. The van der Waals surface area contributed by atoms with E-state index in [2.05, 4.69) is 10.1 Å². The first-order valence-electron chi connectivity index (χ1n) is 9.69. The average Bonchev–Trinajstić information content (AvgIpc) is 3.25. The van der Waals surface area contributed by atoms with Crippen molar-refractivity contribution in [2.24, 2.45) is 0 Å². The van der Waals surface area contributed by atoms with Crippen molar-refractivity contribution in [2.45, 2.75) is 20.0 Å². The van der Waals surface area contributed by atoms with Crippen LogP contribution in [0.1, 0.15) is 23.1 Å². The number of nitrogens with zero attached hydrogens (tertiary/aromatic N) is 3. The molecule has 0 saturated carbocycles. The lowest BCUT2D eigenvalue weighted by Gasteiger charge is -2.31. The molecule has 1 aromatic heterocycles. The number of rotatable bonds is 5. The topological polar surface area (TPSA) is 77.7 Å². The Morgan fingerprint density at radius 2 is 2.07 bits per heavy atom. The third-order valence-corrected chi connectivity index (χ3v) is 5.44. The number of aromatic nitrogens is 2. The average molecular weight is 428 g/mol. The van der Waals surface area contributed by atoms with Crippen LogP contribution in [0.4, 0.5) is 0 Å². The second-order valence-electron chi connectivity index (χ2n) is 7.17. The summed E-state index contributed by atoms with van der Waals surface area (Å²) in [4.78, 5) is 18.8. The zero-order chi connectivity index (χ0) is 21.1. The van der Waals surface area contributed by atoms with Crippen molar-refractivity contribution in [2.75, 3.05) is 26.3 Å². The second-order valence-corrected chi connectivity index (χ2v) is 7.58.